The second-order valence-electron chi connectivity index (χ2n) is 4.61. The highest BCUT2D eigenvalue weighted by Crippen LogP contribution is 2.26. The monoisotopic (exact) mass is 338 g/mol. The maximum Gasteiger partial charge on any atom is 0.201 e. The van der Waals surface area contributed by atoms with Crippen LogP contribution in [0.15, 0.2) is 21.1 Å². The van der Waals surface area contributed by atoms with Crippen LogP contribution in [-0.2, 0) is 6.54 Å². The van der Waals surface area contributed by atoms with Crippen LogP contribution in [0.2, 0.25) is 0 Å². The van der Waals surface area contributed by atoms with E-state index in [2.05, 4.69) is 26.1 Å². The molecule has 0 aliphatic rings. The Labute approximate surface area is 122 Å². The summed E-state index contributed by atoms with van der Waals surface area (Å²) in [4.78, 5) is 4.25. The molecular formula is C13H12BrFN4O. The highest BCUT2D eigenvalue weighted by atomic mass is 79.9. The van der Waals surface area contributed by atoms with Crippen molar-refractivity contribution in [2.24, 2.45) is 0 Å². The molecule has 0 radical (unpaired) electrons. The molecule has 7 heteroatoms. The van der Waals surface area contributed by atoms with E-state index >= 15 is 0 Å². The van der Waals surface area contributed by atoms with Gasteiger partial charge in [-0.3, -0.25) is 0 Å². The number of aryl methyl sites for hydroxylation is 2. The smallest absolute Gasteiger partial charge is 0.201 e. The Morgan fingerprint density at radius 3 is 2.80 bits per heavy atom. The first-order valence-electron chi connectivity index (χ1n) is 6.00. The van der Waals surface area contributed by atoms with Crippen molar-refractivity contribution in [1.29, 1.82) is 0 Å². The second kappa shape index (κ2) is 4.59. The molecule has 3 aromatic rings. The van der Waals surface area contributed by atoms with Crippen molar-refractivity contribution in [3.05, 3.63) is 39.4 Å². The number of rotatable bonds is 2. The number of anilines is 1. The Kier molecular flexibility index (Phi) is 3.01. The maximum atomic E-state index is 13.7. The van der Waals surface area contributed by atoms with Crippen molar-refractivity contribution < 1.29 is 8.91 Å². The van der Waals surface area contributed by atoms with Crippen LogP contribution in [0.5, 0.6) is 0 Å². The van der Waals surface area contributed by atoms with Crippen molar-refractivity contribution in [3.8, 4) is 0 Å². The number of nitrogen functional groups attached to an aromatic ring is 1. The standard InChI is InChI=1S/C13H12BrFN4O/c1-6-8(7(2)20-18-6)5-19-12-4-10(15)9(14)3-11(12)17-13(19)16/h3-4H,5H2,1-2H3,(H2,16,17). The van der Waals surface area contributed by atoms with Crippen LogP contribution in [0.25, 0.3) is 11.0 Å². The van der Waals surface area contributed by atoms with Gasteiger partial charge in [-0.2, -0.15) is 0 Å². The Morgan fingerprint density at radius 2 is 2.15 bits per heavy atom. The van der Waals surface area contributed by atoms with E-state index in [0.717, 1.165) is 17.0 Å². The topological polar surface area (TPSA) is 69.9 Å². The molecule has 0 saturated carbocycles. The summed E-state index contributed by atoms with van der Waals surface area (Å²) in [5.41, 5.74) is 8.94. The van der Waals surface area contributed by atoms with E-state index in [0.29, 0.717) is 28.0 Å². The molecule has 2 aromatic heterocycles. The number of imidazole rings is 1. The van der Waals surface area contributed by atoms with Crippen LogP contribution in [-0.4, -0.2) is 14.7 Å². The number of nitrogens with zero attached hydrogens (tertiary/aromatic N) is 3. The fourth-order valence-electron chi connectivity index (χ4n) is 2.19. The summed E-state index contributed by atoms with van der Waals surface area (Å²) in [6.07, 6.45) is 0. The van der Waals surface area contributed by atoms with Crippen molar-refractivity contribution in [1.82, 2.24) is 14.7 Å². The van der Waals surface area contributed by atoms with Gasteiger partial charge in [0.05, 0.1) is 27.7 Å². The van der Waals surface area contributed by atoms with Crippen molar-refractivity contribution >= 4 is 32.9 Å². The molecule has 1 aromatic carbocycles. The first-order chi connectivity index (χ1) is 9.47. The minimum Gasteiger partial charge on any atom is -0.369 e. The lowest BCUT2D eigenvalue weighted by atomic mass is 10.2. The third-order valence-electron chi connectivity index (χ3n) is 3.32. The molecule has 0 fully saturated rings. The summed E-state index contributed by atoms with van der Waals surface area (Å²) in [5, 5.41) is 3.91. The van der Waals surface area contributed by atoms with Gasteiger partial charge >= 0.3 is 0 Å². The number of hydrogen-bond acceptors (Lipinski definition) is 4. The minimum atomic E-state index is -0.350. The number of benzene rings is 1. The fourth-order valence-corrected chi connectivity index (χ4v) is 2.52. The molecule has 2 heterocycles. The zero-order valence-electron chi connectivity index (χ0n) is 10.9. The normalized spacial score (nSPS) is 11.4. The van der Waals surface area contributed by atoms with Crippen molar-refractivity contribution in [3.63, 3.8) is 0 Å². The molecule has 0 aliphatic heterocycles. The summed E-state index contributed by atoms with van der Waals surface area (Å²) < 4.78 is 21.0. The SMILES string of the molecule is Cc1noc(C)c1Cn1c(N)nc2cc(Br)c(F)cc21. The van der Waals surface area contributed by atoms with Gasteiger partial charge < -0.3 is 14.8 Å². The number of halogens is 2. The predicted molar refractivity (Wildman–Crippen MR) is 76.9 cm³/mol. The van der Waals surface area contributed by atoms with Gasteiger partial charge in [0.1, 0.15) is 11.6 Å². The van der Waals surface area contributed by atoms with Gasteiger partial charge in [0.15, 0.2) is 0 Å². The van der Waals surface area contributed by atoms with Gasteiger partial charge in [0.2, 0.25) is 5.95 Å². The van der Waals surface area contributed by atoms with E-state index in [9.17, 15) is 4.39 Å². The molecule has 0 amide bonds. The molecule has 0 bridgehead atoms. The Hall–Kier alpha value is -1.89. The van der Waals surface area contributed by atoms with Gasteiger partial charge in [0, 0.05) is 11.6 Å². The molecule has 104 valence electrons. The third kappa shape index (κ3) is 1.98. The predicted octanol–water partition coefficient (Wildman–Crippen LogP) is 3.17. The quantitative estimate of drug-likeness (QED) is 0.779. The molecule has 20 heavy (non-hydrogen) atoms. The Balaban J connectivity index is 2.16. The number of fused-ring (bicyclic) bond motifs is 1. The van der Waals surface area contributed by atoms with Gasteiger partial charge in [-0.1, -0.05) is 5.16 Å². The molecule has 0 unspecified atom stereocenters. The van der Waals surface area contributed by atoms with E-state index in [4.69, 9.17) is 10.3 Å². The van der Waals surface area contributed by atoms with E-state index in [1.807, 2.05) is 13.8 Å². The van der Waals surface area contributed by atoms with Crippen LogP contribution in [0.4, 0.5) is 10.3 Å². The third-order valence-corrected chi connectivity index (χ3v) is 3.92. The summed E-state index contributed by atoms with van der Waals surface area (Å²) in [7, 11) is 0. The first-order valence-corrected chi connectivity index (χ1v) is 6.79. The minimum absolute atomic E-state index is 0.331. The second-order valence-corrected chi connectivity index (χ2v) is 5.47. The molecular weight excluding hydrogens is 327 g/mol. The first kappa shape index (κ1) is 13.1. The molecule has 3 rings (SSSR count). The van der Waals surface area contributed by atoms with E-state index in [-0.39, 0.29) is 5.82 Å². The lowest BCUT2D eigenvalue weighted by Gasteiger charge is -2.06. The zero-order valence-corrected chi connectivity index (χ0v) is 12.5. The highest BCUT2D eigenvalue weighted by Gasteiger charge is 2.15. The molecule has 5 nitrogen and oxygen atoms in total. The van der Waals surface area contributed by atoms with Gasteiger partial charge in [-0.05, 0) is 35.8 Å². The van der Waals surface area contributed by atoms with E-state index in [1.54, 1.807) is 10.6 Å². The lowest BCUT2D eigenvalue weighted by Crippen LogP contribution is -2.06. The number of nitrogens with two attached hydrogens (primary N) is 1. The number of aromatic nitrogens is 3. The highest BCUT2D eigenvalue weighted by molar-refractivity contribution is 9.10. The molecule has 0 spiro atoms. The van der Waals surface area contributed by atoms with Crippen molar-refractivity contribution in [2.75, 3.05) is 5.73 Å². The van der Waals surface area contributed by atoms with Gasteiger partial charge in [-0.25, -0.2) is 9.37 Å². The zero-order chi connectivity index (χ0) is 14.4. The molecule has 0 saturated heterocycles. The van der Waals surface area contributed by atoms with Gasteiger partial charge in [0.25, 0.3) is 0 Å². The molecule has 0 aliphatic carbocycles. The Morgan fingerprint density at radius 1 is 1.40 bits per heavy atom. The number of hydrogen-bond donors (Lipinski definition) is 1. The summed E-state index contributed by atoms with van der Waals surface area (Å²) >= 11 is 3.14. The molecule has 0 atom stereocenters. The van der Waals surface area contributed by atoms with E-state index < -0.39 is 0 Å². The van der Waals surface area contributed by atoms with Crippen molar-refractivity contribution in [2.45, 2.75) is 20.4 Å². The van der Waals surface area contributed by atoms with Crippen LogP contribution < -0.4 is 5.73 Å². The fraction of sp³-hybridized carbons (Fsp3) is 0.231. The average molecular weight is 339 g/mol. The van der Waals surface area contributed by atoms with Crippen LogP contribution in [0.3, 0.4) is 0 Å². The maximum absolute atomic E-state index is 13.7. The van der Waals surface area contributed by atoms with Crippen LogP contribution in [0.1, 0.15) is 17.0 Å². The van der Waals surface area contributed by atoms with Crippen LogP contribution >= 0.6 is 15.9 Å². The van der Waals surface area contributed by atoms with Crippen LogP contribution in [0, 0.1) is 19.7 Å². The summed E-state index contributed by atoms with van der Waals surface area (Å²) in [5.74, 6) is 0.705. The average Bonchev–Trinajstić information content (AvgIpc) is 2.85. The largest absolute Gasteiger partial charge is 0.369 e. The summed E-state index contributed by atoms with van der Waals surface area (Å²) in [6, 6.07) is 3.03. The molecule has 2 N–H and O–H groups in total. The van der Waals surface area contributed by atoms with E-state index in [1.165, 1.54) is 6.07 Å². The van der Waals surface area contributed by atoms with Gasteiger partial charge in [-0.15, -0.1) is 0 Å². The lowest BCUT2D eigenvalue weighted by molar-refractivity contribution is 0.392. The summed E-state index contributed by atoms with van der Waals surface area (Å²) in [6.45, 7) is 4.14. The Bertz CT molecular complexity index is 789.